The summed E-state index contributed by atoms with van der Waals surface area (Å²) in [6, 6.07) is 0. The van der Waals surface area contributed by atoms with Crippen LogP contribution in [0, 0.1) is 0 Å². The number of carboxylic acids is 1. The fourth-order valence-corrected chi connectivity index (χ4v) is 4.46. The number of carbonyl (C=O) groups is 1. The van der Waals surface area contributed by atoms with Crippen LogP contribution in [0.25, 0.3) is 0 Å². The van der Waals surface area contributed by atoms with Gasteiger partial charge in [0.1, 0.15) is 4.75 Å². The van der Waals surface area contributed by atoms with E-state index in [9.17, 15) is 9.90 Å². The molecule has 0 heterocycles. The molecule has 0 fully saturated rings. The number of carboxylic acid groups (broad SMARTS) is 1. The van der Waals surface area contributed by atoms with E-state index in [1.807, 2.05) is 0 Å². The smallest absolute Gasteiger partial charge is 0.319 e. The van der Waals surface area contributed by atoms with Crippen molar-refractivity contribution in [2.75, 3.05) is 0 Å². The predicted molar refractivity (Wildman–Crippen MR) is 132 cm³/mol. The minimum Gasteiger partial charge on any atom is -0.480 e. The third-order valence-electron chi connectivity index (χ3n) is 6.29. The first-order chi connectivity index (χ1) is 14.1. The average molecular weight is 429 g/mol. The quantitative estimate of drug-likeness (QED) is 0.126. The van der Waals surface area contributed by atoms with Crippen molar-refractivity contribution in [3.05, 3.63) is 0 Å². The molecule has 174 valence electrons. The molecular weight excluding hydrogens is 376 g/mol. The van der Waals surface area contributed by atoms with Gasteiger partial charge in [-0.3, -0.25) is 4.79 Å². The third-order valence-corrected chi connectivity index (χ3v) is 6.92. The minimum atomic E-state index is -0.805. The molecule has 0 unspecified atom stereocenters. The number of hydrogen-bond acceptors (Lipinski definition) is 2. The highest BCUT2D eigenvalue weighted by Gasteiger charge is 2.32. The highest BCUT2D eigenvalue weighted by Crippen LogP contribution is 2.30. The molecule has 29 heavy (non-hydrogen) atoms. The van der Waals surface area contributed by atoms with Crippen LogP contribution in [-0.2, 0) is 4.79 Å². The van der Waals surface area contributed by atoms with Gasteiger partial charge in [0.05, 0.1) is 0 Å². The van der Waals surface area contributed by atoms with Crippen molar-refractivity contribution in [3.8, 4) is 0 Å². The molecule has 0 amide bonds. The molecule has 0 spiro atoms. The molecule has 0 atom stereocenters. The number of rotatable bonds is 23. The fourth-order valence-electron chi connectivity index (χ4n) is 4.15. The van der Waals surface area contributed by atoms with Crippen molar-refractivity contribution in [2.24, 2.45) is 0 Å². The number of hydrogen-bond donors (Lipinski definition) is 2. The Kier molecular flexibility index (Phi) is 20.9. The first kappa shape index (κ1) is 28.8. The normalized spacial score (nSPS) is 11.8. The molecule has 2 nitrogen and oxygen atoms in total. The molecule has 0 rings (SSSR count). The van der Waals surface area contributed by atoms with E-state index in [1.54, 1.807) is 0 Å². The highest BCUT2D eigenvalue weighted by molar-refractivity contribution is 7.82. The van der Waals surface area contributed by atoms with E-state index >= 15 is 0 Å². The molecule has 0 radical (unpaired) electrons. The zero-order chi connectivity index (χ0) is 21.6. The maximum absolute atomic E-state index is 11.7. The van der Waals surface area contributed by atoms with Gasteiger partial charge in [0.15, 0.2) is 0 Å². The second kappa shape index (κ2) is 21.1. The van der Waals surface area contributed by atoms with Gasteiger partial charge in [-0.05, 0) is 12.8 Å². The van der Waals surface area contributed by atoms with Crippen LogP contribution < -0.4 is 0 Å². The Morgan fingerprint density at radius 2 is 0.793 bits per heavy atom. The summed E-state index contributed by atoms with van der Waals surface area (Å²) in [5.74, 6) is -0.715. The van der Waals surface area contributed by atoms with Crippen LogP contribution in [0.2, 0.25) is 0 Å². The second-order valence-corrected chi connectivity index (χ2v) is 10.1. The summed E-state index contributed by atoms with van der Waals surface area (Å²) in [4.78, 5) is 11.7. The zero-order valence-corrected chi connectivity index (χ0v) is 20.8. The lowest BCUT2D eigenvalue weighted by Gasteiger charge is -2.23. The number of thiol groups is 1. The standard InChI is InChI=1S/C26H52O2S/c1-3-5-7-9-11-13-15-17-19-21-23-26(29,25(27)28)24-22-20-18-16-14-12-10-8-6-4-2/h29H,3-24H2,1-2H3,(H,27,28). The molecular formula is C26H52O2S. The molecule has 0 aromatic rings. The lowest BCUT2D eigenvalue weighted by Crippen LogP contribution is -2.32. The Hall–Kier alpha value is -0.180. The molecule has 3 heteroatoms. The Balaban J connectivity index is 3.65. The van der Waals surface area contributed by atoms with E-state index in [4.69, 9.17) is 0 Å². The predicted octanol–water partition coefficient (Wildman–Crippen LogP) is 9.36. The van der Waals surface area contributed by atoms with Crippen LogP contribution in [0.15, 0.2) is 0 Å². The summed E-state index contributed by atoms with van der Waals surface area (Å²) in [5.41, 5.74) is 0. The molecule has 0 aliphatic rings. The molecule has 0 aromatic heterocycles. The first-order valence-electron chi connectivity index (χ1n) is 13.0. The van der Waals surface area contributed by atoms with Crippen molar-refractivity contribution in [1.29, 1.82) is 0 Å². The highest BCUT2D eigenvalue weighted by atomic mass is 32.1. The van der Waals surface area contributed by atoms with Gasteiger partial charge in [-0.2, -0.15) is 12.6 Å². The fraction of sp³-hybridized carbons (Fsp3) is 0.962. The average Bonchev–Trinajstić information content (AvgIpc) is 2.70. The number of unbranched alkanes of at least 4 members (excludes halogenated alkanes) is 18. The van der Waals surface area contributed by atoms with Crippen LogP contribution in [0.1, 0.15) is 155 Å². The SMILES string of the molecule is CCCCCCCCCCCCC(S)(CCCCCCCCCCCC)C(=O)O. The largest absolute Gasteiger partial charge is 0.480 e. The molecule has 1 N–H and O–H groups in total. The third kappa shape index (κ3) is 18.3. The van der Waals surface area contributed by atoms with Crippen molar-refractivity contribution in [2.45, 2.75) is 160 Å². The molecule has 0 aromatic carbocycles. The van der Waals surface area contributed by atoms with Gasteiger partial charge in [0, 0.05) is 0 Å². The summed E-state index contributed by atoms with van der Waals surface area (Å²) in [5, 5.41) is 9.64. The molecule has 0 saturated carbocycles. The lowest BCUT2D eigenvalue weighted by molar-refractivity contribution is -0.140. The van der Waals surface area contributed by atoms with E-state index in [2.05, 4.69) is 26.5 Å². The lowest BCUT2D eigenvalue weighted by atomic mass is 9.93. The van der Waals surface area contributed by atoms with Crippen molar-refractivity contribution < 1.29 is 9.90 Å². The monoisotopic (exact) mass is 428 g/mol. The van der Waals surface area contributed by atoms with Gasteiger partial charge in [0.2, 0.25) is 0 Å². The number of aliphatic carboxylic acids is 1. The summed E-state index contributed by atoms with van der Waals surface area (Å²) in [6.07, 6.45) is 27.2. The topological polar surface area (TPSA) is 37.3 Å². The van der Waals surface area contributed by atoms with E-state index < -0.39 is 10.7 Å². The molecule has 0 aliphatic heterocycles. The van der Waals surface area contributed by atoms with Gasteiger partial charge in [-0.15, -0.1) is 0 Å². The van der Waals surface area contributed by atoms with Crippen LogP contribution in [0.5, 0.6) is 0 Å². The zero-order valence-electron chi connectivity index (χ0n) is 19.9. The first-order valence-corrected chi connectivity index (χ1v) is 13.5. The summed E-state index contributed by atoms with van der Waals surface area (Å²) in [6.45, 7) is 4.52. The minimum absolute atomic E-state index is 0.715. The Morgan fingerprint density at radius 3 is 1.03 bits per heavy atom. The van der Waals surface area contributed by atoms with Crippen LogP contribution in [0.3, 0.4) is 0 Å². The van der Waals surface area contributed by atoms with E-state index in [0.717, 1.165) is 38.5 Å². The Morgan fingerprint density at radius 1 is 0.552 bits per heavy atom. The van der Waals surface area contributed by atoms with Gasteiger partial charge >= 0.3 is 5.97 Å². The van der Waals surface area contributed by atoms with E-state index in [0.29, 0.717) is 0 Å². The van der Waals surface area contributed by atoms with E-state index in [-0.39, 0.29) is 0 Å². The Bertz CT molecular complexity index is 333. The molecule has 0 saturated heterocycles. The van der Waals surface area contributed by atoms with Crippen LogP contribution in [0.4, 0.5) is 0 Å². The van der Waals surface area contributed by atoms with Crippen molar-refractivity contribution >= 4 is 18.6 Å². The summed E-state index contributed by atoms with van der Waals surface area (Å²) >= 11 is 4.60. The summed E-state index contributed by atoms with van der Waals surface area (Å²) < 4.78 is -0.805. The summed E-state index contributed by atoms with van der Waals surface area (Å²) in [7, 11) is 0. The maximum atomic E-state index is 11.7. The van der Waals surface area contributed by atoms with Gasteiger partial charge in [-0.1, -0.05) is 142 Å². The van der Waals surface area contributed by atoms with Gasteiger partial charge < -0.3 is 5.11 Å². The van der Waals surface area contributed by atoms with Crippen LogP contribution >= 0.6 is 12.6 Å². The van der Waals surface area contributed by atoms with Gasteiger partial charge in [0.25, 0.3) is 0 Å². The molecule has 0 aliphatic carbocycles. The second-order valence-electron chi connectivity index (χ2n) is 9.20. The van der Waals surface area contributed by atoms with E-state index in [1.165, 1.54) is 103 Å². The van der Waals surface area contributed by atoms with Crippen molar-refractivity contribution in [1.82, 2.24) is 0 Å². The maximum Gasteiger partial charge on any atom is 0.319 e. The van der Waals surface area contributed by atoms with Gasteiger partial charge in [-0.25, -0.2) is 0 Å². The molecule has 0 bridgehead atoms. The van der Waals surface area contributed by atoms with Crippen LogP contribution in [-0.4, -0.2) is 15.8 Å². The van der Waals surface area contributed by atoms with Crippen molar-refractivity contribution in [3.63, 3.8) is 0 Å². The Labute approximate surface area is 188 Å².